The van der Waals surface area contributed by atoms with E-state index < -0.39 is 17.7 Å². The summed E-state index contributed by atoms with van der Waals surface area (Å²) in [6.45, 7) is 1.34. The van der Waals surface area contributed by atoms with Crippen LogP contribution in [0.1, 0.15) is 28.5 Å². The van der Waals surface area contributed by atoms with Gasteiger partial charge >= 0.3 is 6.18 Å². The van der Waals surface area contributed by atoms with Gasteiger partial charge in [0.05, 0.1) is 0 Å². The van der Waals surface area contributed by atoms with Crippen LogP contribution in [0.4, 0.5) is 18.9 Å². The molecule has 9 heteroatoms. The Kier molecular flexibility index (Phi) is 5.32. The maximum atomic E-state index is 12.9. The molecule has 1 N–H and O–H groups in total. The fraction of sp³-hybridized carbons (Fsp3) is 0.188. The fourth-order valence-electron chi connectivity index (χ4n) is 2.05. The van der Waals surface area contributed by atoms with Crippen LogP contribution >= 0.6 is 11.6 Å². The van der Waals surface area contributed by atoms with Gasteiger partial charge in [-0.2, -0.15) is 18.3 Å². The normalized spacial score (nSPS) is 11.8. The monoisotopic (exact) mass is 371 g/mol. The molecule has 0 atom stereocenters. The predicted molar refractivity (Wildman–Crippen MR) is 87.3 cm³/mol. The van der Waals surface area contributed by atoms with Crippen molar-refractivity contribution in [1.82, 2.24) is 9.78 Å². The summed E-state index contributed by atoms with van der Waals surface area (Å²) in [4.78, 5) is 23.0. The topological polar surface area (TPSA) is 64.0 Å². The molecule has 132 valence electrons. The zero-order valence-corrected chi connectivity index (χ0v) is 13.9. The van der Waals surface area contributed by atoms with Gasteiger partial charge in [-0.15, -0.1) is 0 Å². The van der Waals surface area contributed by atoms with Gasteiger partial charge in [0.1, 0.15) is 5.15 Å². The molecule has 5 nitrogen and oxygen atoms in total. The molecule has 1 aromatic heterocycles. The van der Waals surface area contributed by atoms with Crippen molar-refractivity contribution in [1.29, 1.82) is 0 Å². The van der Waals surface area contributed by atoms with E-state index in [-0.39, 0.29) is 22.2 Å². The number of carbonyl (C=O) groups is 2. The number of hydrogen-bond acceptors (Lipinski definition) is 3. The number of allylic oxidation sites excluding steroid dienone is 1. The van der Waals surface area contributed by atoms with Crippen molar-refractivity contribution in [3.63, 3.8) is 0 Å². The highest BCUT2D eigenvalue weighted by Crippen LogP contribution is 2.34. The molecule has 0 saturated heterocycles. The molecule has 0 aliphatic rings. The molecule has 0 aliphatic heterocycles. The third-order valence-electron chi connectivity index (χ3n) is 3.17. The second-order valence-electron chi connectivity index (χ2n) is 5.13. The van der Waals surface area contributed by atoms with Crippen LogP contribution in [0.2, 0.25) is 5.15 Å². The Morgan fingerprint density at radius 1 is 1.24 bits per heavy atom. The average molecular weight is 372 g/mol. The minimum Gasteiger partial charge on any atom is -0.326 e. The number of nitrogens with one attached hydrogen (secondary N) is 1. The van der Waals surface area contributed by atoms with Crippen molar-refractivity contribution >= 4 is 35.1 Å². The maximum Gasteiger partial charge on any atom is 0.435 e. The molecular weight excluding hydrogens is 359 g/mol. The minimum atomic E-state index is -4.69. The minimum absolute atomic E-state index is 0.225. The van der Waals surface area contributed by atoms with Crippen molar-refractivity contribution in [2.75, 3.05) is 5.32 Å². The zero-order valence-electron chi connectivity index (χ0n) is 13.2. The predicted octanol–water partition coefficient (Wildman–Crippen LogP) is 3.95. The van der Waals surface area contributed by atoms with Gasteiger partial charge in [0.25, 0.3) is 0 Å². The number of amides is 1. The first-order chi connectivity index (χ1) is 11.6. The third-order valence-corrected chi connectivity index (χ3v) is 3.62. The van der Waals surface area contributed by atoms with Gasteiger partial charge in [-0.25, -0.2) is 0 Å². The van der Waals surface area contributed by atoms with Crippen molar-refractivity contribution in [3.8, 4) is 0 Å². The van der Waals surface area contributed by atoms with Gasteiger partial charge in [0.2, 0.25) is 5.91 Å². The van der Waals surface area contributed by atoms with E-state index in [0.29, 0.717) is 5.69 Å². The lowest BCUT2D eigenvalue weighted by atomic mass is 10.1. The number of aryl methyl sites for hydroxylation is 1. The summed E-state index contributed by atoms with van der Waals surface area (Å²) < 4.78 is 39.7. The molecule has 1 aromatic carbocycles. The van der Waals surface area contributed by atoms with Crippen LogP contribution in [0.15, 0.2) is 30.3 Å². The number of halogens is 4. The van der Waals surface area contributed by atoms with E-state index in [2.05, 4.69) is 10.4 Å². The van der Waals surface area contributed by atoms with Crippen LogP contribution in [0, 0.1) is 0 Å². The lowest BCUT2D eigenvalue weighted by Crippen LogP contribution is -2.08. The van der Waals surface area contributed by atoms with E-state index in [4.69, 9.17) is 11.6 Å². The van der Waals surface area contributed by atoms with E-state index in [1.54, 1.807) is 0 Å². The molecule has 1 heterocycles. The van der Waals surface area contributed by atoms with E-state index in [1.807, 2.05) is 0 Å². The van der Waals surface area contributed by atoms with Gasteiger partial charge in [0, 0.05) is 30.8 Å². The number of nitrogens with zero attached hydrogens (tertiary/aromatic N) is 2. The number of benzene rings is 1. The third kappa shape index (κ3) is 4.48. The molecular formula is C16H13ClF3N3O2. The number of anilines is 1. The summed E-state index contributed by atoms with van der Waals surface area (Å²) in [5.41, 5.74) is -0.786. The number of rotatable bonds is 4. The summed E-state index contributed by atoms with van der Waals surface area (Å²) in [5, 5.41) is 5.64. The lowest BCUT2D eigenvalue weighted by molar-refractivity contribution is -0.141. The molecule has 0 spiro atoms. The molecule has 0 aliphatic carbocycles. The highest BCUT2D eigenvalue weighted by molar-refractivity contribution is 6.31. The number of aromatic nitrogens is 2. The average Bonchev–Trinajstić information content (AvgIpc) is 2.80. The number of alkyl halides is 3. The first kappa shape index (κ1) is 18.7. The molecule has 0 unspecified atom stereocenters. The standard InChI is InChI=1S/C16H13ClF3N3O2/c1-9(24)21-11-5-3-10(4-6-11)13(25)8-7-12-14(16(18,19)20)22-23(2)15(12)17/h3-8H,1-2H3,(H,21,24)/b8-7-. The Balaban J connectivity index is 2.25. The number of carbonyl (C=O) groups excluding carboxylic acids is 2. The summed E-state index contributed by atoms with van der Waals surface area (Å²) >= 11 is 5.82. The first-order valence-corrected chi connectivity index (χ1v) is 7.37. The van der Waals surface area contributed by atoms with Gasteiger partial charge < -0.3 is 5.32 Å². The largest absolute Gasteiger partial charge is 0.435 e. The molecule has 25 heavy (non-hydrogen) atoms. The van der Waals surface area contributed by atoms with Gasteiger partial charge in [0.15, 0.2) is 11.5 Å². The molecule has 2 aromatic rings. The molecule has 2 rings (SSSR count). The van der Waals surface area contributed by atoms with Crippen LogP contribution in [0.3, 0.4) is 0 Å². The highest BCUT2D eigenvalue weighted by Gasteiger charge is 2.37. The Bertz CT molecular complexity index is 840. The smallest absolute Gasteiger partial charge is 0.326 e. The molecule has 1 amide bonds. The van der Waals surface area contributed by atoms with Crippen molar-refractivity contribution < 1.29 is 22.8 Å². The van der Waals surface area contributed by atoms with Crippen molar-refractivity contribution in [3.05, 3.63) is 52.3 Å². The summed E-state index contributed by atoms with van der Waals surface area (Å²) in [6, 6.07) is 5.93. The van der Waals surface area contributed by atoms with Crippen LogP contribution in [-0.2, 0) is 18.0 Å². The van der Waals surface area contributed by atoms with Crippen molar-refractivity contribution in [2.45, 2.75) is 13.1 Å². The van der Waals surface area contributed by atoms with E-state index >= 15 is 0 Å². The SMILES string of the molecule is CC(=O)Nc1ccc(C(=O)/C=C\c2c(C(F)(F)F)nn(C)c2Cl)cc1. The second-order valence-corrected chi connectivity index (χ2v) is 5.49. The highest BCUT2D eigenvalue weighted by atomic mass is 35.5. The summed E-state index contributed by atoms with van der Waals surface area (Å²) in [7, 11) is 1.28. The Hall–Kier alpha value is -2.61. The van der Waals surface area contributed by atoms with Gasteiger partial charge in [-0.3, -0.25) is 14.3 Å². The zero-order chi connectivity index (χ0) is 18.8. The quantitative estimate of drug-likeness (QED) is 0.654. The summed E-state index contributed by atoms with van der Waals surface area (Å²) in [5.74, 6) is -0.771. The Morgan fingerprint density at radius 3 is 2.36 bits per heavy atom. The van der Waals surface area contributed by atoms with Crippen LogP contribution in [-0.4, -0.2) is 21.5 Å². The Labute approximate surface area is 146 Å². The van der Waals surface area contributed by atoms with E-state index in [0.717, 1.165) is 16.8 Å². The van der Waals surface area contributed by atoms with E-state index in [1.165, 1.54) is 38.2 Å². The fourth-order valence-corrected chi connectivity index (χ4v) is 2.24. The van der Waals surface area contributed by atoms with Crippen LogP contribution in [0.5, 0.6) is 0 Å². The van der Waals surface area contributed by atoms with Crippen LogP contribution < -0.4 is 5.32 Å². The first-order valence-electron chi connectivity index (χ1n) is 6.99. The van der Waals surface area contributed by atoms with Gasteiger partial charge in [-0.05, 0) is 36.4 Å². The van der Waals surface area contributed by atoms with E-state index in [9.17, 15) is 22.8 Å². The Morgan fingerprint density at radius 2 is 1.84 bits per heavy atom. The summed E-state index contributed by atoms with van der Waals surface area (Å²) in [6.07, 6.45) is -2.71. The number of ketones is 1. The number of hydrogen-bond donors (Lipinski definition) is 1. The maximum absolute atomic E-state index is 12.9. The molecule has 0 radical (unpaired) electrons. The molecule has 0 bridgehead atoms. The molecule has 0 fully saturated rings. The second kappa shape index (κ2) is 7.10. The van der Waals surface area contributed by atoms with Crippen molar-refractivity contribution in [2.24, 2.45) is 7.05 Å². The molecule has 0 saturated carbocycles. The van der Waals surface area contributed by atoms with Crippen LogP contribution in [0.25, 0.3) is 6.08 Å². The lowest BCUT2D eigenvalue weighted by Gasteiger charge is -2.03. The van der Waals surface area contributed by atoms with Gasteiger partial charge in [-0.1, -0.05) is 11.6 Å².